The van der Waals surface area contributed by atoms with E-state index in [1.165, 1.54) is 17.7 Å². The molecule has 0 aliphatic carbocycles. The second-order valence-corrected chi connectivity index (χ2v) is 6.40. The van der Waals surface area contributed by atoms with Crippen LogP contribution in [0.15, 0.2) is 47.4 Å². The Kier molecular flexibility index (Phi) is 4.85. The van der Waals surface area contributed by atoms with Crippen LogP contribution in [0.2, 0.25) is 0 Å². The van der Waals surface area contributed by atoms with Gasteiger partial charge in [0.2, 0.25) is 6.79 Å². The molecule has 0 N–H and O–H groups in total. The largest absolute Gasteiger partial charge is 0.454 e. The molecule has 0 atom stereocenters. The molecule has 3 nitrogen and oxygen atoms in total. The SMILES string of the molecule is CN(CCSc1ccc(F)cc1)Cc1ccc2c(c1)OCO2. The summed E-state index contributed by atoms with van der Waals surface area (Å²) in [4.78, 5) is 3.35. The molecular weight excluding hydrogens is 301 g/mol. The van der Waals surface area contributed by atoms with Gasteiger partial charge in [0.1, 0.15) is 5.82 Å². The lowest BCUT2D eigenvalue weighted by Crippen LogP contribution is -2.20. The Morgan fingerprint density at radius 3 is 2.68 bits per heavy atom. The van der Waals surface area contributed by atoms with Crippen molar-refractivity contribution < 1.29 is 13.9 Å². The van der Waals surface area contributed by atoms with Gasteiger partial charge in [-0.05, 0) is 49.0 Å². The van der Waals surface area contributed by atoms with E-state index in [0.29, 0.717) is 6.79 Å². The van der Waals surface area contributed by atoms with E-state index < -0.39 is 0 Å². The number of halogens is 1. The van der Waals surface area contributed by atoms with Gasteiger partial charge in [-0.15, -0.1) is 11.8 Å². The quantitative estimate of drug-likeness (QED) is 0.755. The van der Waals surface area contributed by atoms with Crippen LogP contribution in [0, 0.1) is 5.82 Å². The van der Waals surface area contributed by atoms with E-state index in [1.807, 2.05) is 24.3 Å². The van der Waals surface area contributed by atoms with Crippen LogP contribution in [-0.2, 0) is 6.54 Å². The Labute approximate surface area is 134 Å². The highest BCUT2D eigenvalue weighted by Crippen LogP contribution is 2.32. The molecule has 2 aromatic rings. The third-order valence-corrected chi connectivity index (χ3v) is 4.44. The van der Waals surface area contributed by atoms with Gasteiger partial charge in [0, 0.05) is 23.7 Å². The monoisotopic (exact) mass is 319 g/mol. The molecule has 1 heterocycles. The standard InChI is InChI=1S/C17H18FNO2S/c1-19(8-9-22-15-5-3-14(18)4-6-15)11-13-2-7-16-17(10-13)21-12-20-16/h2-7,10H,8-9,11-12H2,1H3. The van der Waals surface area contributed by atoms with E-state index in [4.69, 9.17) is 9.47 Å². The summed E-state index contributed by atoms with van der Waals surface area (Å²) in [7, 11) is 2.09. The Balaban J connectivity index is 1.46. The van der Waals surface area contributed by atoms with Gasteiger partial charge >= 0.3 is 0 Å². The van der Waals surface area contributed by atoms with Crippen molar-refractivity contribution >= 4 is 11.8 Å². The van der Waals surface area contributed by atoms with Crippen LogP contribution in [0.1, 0.15) is 5.56 Å². The van der Waals surface area contributed by atoms with E-state index in [9.17, 15) is 4.39 Å². The van der Waals surface area contributed by atoms with Gasteiger partial charge in [-0.3, -0.25) is 0 Å². The molecule has 0 spiro atoms. The number of rotatable bonds is 6. The van der Waals surface area contributed by atoms with Crippen molar-refractivity contribution in [3.05, 3.63) is 53.8 Å². The van der Waals surface area contributed by atoms with Gasteiger partial charge in [-0.25, -0.2) is 4.39 Å². The minimum absolute atomic E-state index is 0.190. The number of benzene rings is 2. The normalized spacial score (nSPS) is 12.9. The molecule has 5 heteroatoms. The van der Waals surface area contributed by atoms with Crippen LogP contribution in [0.25, 0.3) is 0 Å². The molecule has 116 valence electrons. The number of hydrogen-bond donors (Lipinski definition) is 0. The Bertz CT molecular complexity index is 633. The molecule has 0 saturated carbocycles. The smallest absolute Gasteiger partial charge is 0.231 e. The summed E-state index contributed by atoms with van der Waals surface area (Å²) in [6, 6.07) is 12.7. The van der Waals surface area contributed by atoms with Gasteiger partial charge < -0.3 is 14.4 Å². The zero-order chi connectivity index (χ0) is 15.4. The van der Waals surface area contributed by atoms with Crippen molar-refractivity contribution in [1.82, 2.24) is 4.90 Å². The molecule has 3 rings (SSSR count). The number of nitrogens with zero attached hydrogens (tertiary/aromatic N) is 1. The lowest BCUT2D eigenvalue weighted by molar-refractivity contribution is 0.174. The van der Waals surface area contributed by atoms with Crippen molar-refractivity contribution in [1.29, 1.82) is 0 Å². The van der Waals surface area contributed by atoms with Gasteiger partial charge in [0.25, 0.3) is 0 Å². The number of hydrogen-bond acceptors (Lipinski definition) is 4. The fraction of sp³-hybridized carbons (Fsp3) is 0.294. The third kappa shape index (κ3) is 3.93. The van der Waals surface area contributed by atoms with Crippen LogP contribution < -0.4 is 9.47 Å². The summed E-state index contributed by atoms with van der Waals surface area (Å²) in [6.07, 6.45) is 0. The van der Waals surface area contributed by atoms with E-state index in [0.717, 1.165) is 35.2 Å². The predicted octanol–water partition coefficient (Wildman–Crippen LogP) is 3.78. The van der Waals surface area contributed by atoms with Crippen LogP contribution in [0.3, 0.4) is 0 Å². The molecule has 0 unspecified atom stereocenters. The molecule has 0 radical (unpaired) electrons. The maximum atomic E-state index is 12.8. The Morgan fingerprint density at radius 1 is 1.09 bits per heavy atom. The molecule has 0 aromatic heterocycles. The molecule has 22 heavy (non-hydrogen) atoms. The highest BCUT2D eigenvalue weighted by atomic mass is 32.2. The zero-order valence-electron chi connectivity index (χ0n) is 12.4. The first-order valence-electron chi connectivity index (χ1n) is 7.16. The fourth-order valence-corrected chi connectivity index (χ4v) is 3.25. The van der Waals surface area contributed by atoms with Crippen LogP contribution >= 0.6 is 11.8 Å². The van der Waals surface area contributed by atoms with E-state index in [-0.39, 0.29) is 5.82 Å². The third-order valence-electron chi connectivity index (χ3n) is 3.44. The Morgan fingerprint density at radius 2 is 1.86 bits per heavy atom. The zero-order valence-corrected chi connectivity index (χ0v) is 13.2. The molecular formula is C17H18FNO2S. The number of ether oxygens (including phenoxy) is 2. The van der Waals surface area contributed by atoms with Gasteiger partial charge in [0.05, 0.1) is 0 Å². The fourth-order valence-electron chi connectivity index (χ4n) is 2.28. The highest BCUT2D eigenvalue weighted by Gasteiger charge is 2.13. The number of thioether (sulfide) groups is 1. The first-order chi connectivity index (χ1) is 10.7. The summed E-state index contributed by atoms with van der Waals surface area (Å²) >= 11 is 1.74. The van der Waals surface area contributed by atoms with Gasteiger partial charge in [0.15, 0.2) is 11.5 Å². The van der Waals surface area contributed by atoms with Gasteiger partial charge in [-0.2, -0.15) is 0 Å². The molecule has 1 aliphatic heterocycles. The van der Waals surface area contributed by atoms with Crippen LogP contribution in [0.4, 0.5) is 4.39 Å². The second-order valence-electron chi connectivity index (χ2n) is 5.23. The maximum Gasteiger partial charge on any atom is 0.231 e. The maximum absolute atomic E-state index is 12.8. The van der Waals surface area contributed by atoms with E-state index in [2.05, 4.69) is 18.0 Å². The molecule has 1 aliphatic rings. The average molecular weight is 319 g/mol. The van der Waals surface area contributed by atoms with E-state index >= 15 is 0 Å². The molecule has 0 bridgehead atoms. The highest BCUT2D eigenvalue weighted by molar-refractivity contribution is 7.99. The minimum Gasteiger partial charge on any atom is -0.454 e. The Hall–Kier alpha value is -1.72. The lowest BCUT2D eigenvalue weighted by atomic mass is 10.2. The van der Waals surface area contributed by atoms with Crippen molar-refractivity contribution in [3.8, 4) is 11.5 Å². The lowest BCUT2D eigenvalue weighted by Gasteiger charge is -2.16. The minimum atomic E-state index is -0.190. The summed E-state index contributed by atoms with van der Waals surface area (Å²) in [5, 5.41) is 0. The van der Waals surface area contributed by atoms with Crippen molar-refractivity contribution in [2.45, 2.75) is 11.4 Å². The predicted molar refractivity (Wildman–Crippen MR) is 86.0 cm³/mol. The first-order valence-corrected chi connectivity index (χ1v) is 8.15. The van der Waals surface area contributed by atoms with Crippen LogP contribution in [0.5, 0.6) is 11.5 Å². The van der Waals surface area contributed by atoms with Crippen molar-refractivity contribution in [2.75, 3.05) is 26.1 Å². The average Bonchev–Trinajstić information content (AvgIpc) is 2.97. The summed E-state index contributed by atoms with van der Waals surface area (Å²) < 4.78 is 23.5. The van der Waals surface area contributed by atoms with Gasteiger partial charge in [-0.1, -0.05) is 6.07 Å². The van der Waals surface area contributed by atoms with Crippen molar-refractivity contribution in [2.24, 2.45) is 0 Å². The first kappa shape index (κ1) is 15.2. The summed E-state index contributed by atoms with van der Waals surface area (Å²) in [6.45, 7) is 2.13. The number of fused-ring (bicyclic) bond motifs is 1. The molecule has 0 amide bonds. The second kappa shape index (κ2) is 7.03. The molecule has 0 fully saturated rings. The topological polar surface area (TPSA) is 21.7 Å². The van der Waals surface area contributed by atoms with Crippen LogP contribution in [-0.4, -0.2) is 31.0 Å². The van der Waals surface area contributed by atoms with Crippen molar-refractivity contribution in [3.63, 3.8) is 0 Å². The molecule has 2 aromatic carbocycles. The summed E-state index contributed by atoms with van der Waals surface area (Å²) in [5.74, 6) is 2.42. The summed E-state index contributed by atoms with van der Waals surface area (Å²) in [5.41, 5.74) is 1.21. The van der Waals surface area contributed by atoms with E-state index in [1.54, 1.807) is 11.8 Å². The molecule has 0 saturated heterocycles.